The lowest BCUT2D eigenvalue weighted by Crippen LogP contribution is -2.46. The van der Waals surface area contributed by atoms with Crippen molar-refractivity contribution in [1.29, 1.82) is 0 Å². The molecule has 8 nitrogen and oxygen atoms in total. The van der Waals surface area contributed by atoms with Gasteiger partial charge in [-0.1, -0.05) is 80.9 Å². The van der Waals surface area contributed by atoms with E-state index in [2.05, 4.69) is 49.5 Å². The zero-order valence-corrected chi connectivity index (χ0v) is 31.6. The highest BCUT2D eigenvalue weighted by atomic mass is 35.5. The van der Waals surface area contributed by atoms with Crippen LogP contribution in [0.1, 0.15) is 63.7 Å². The van der Waals surface area contributed by atoms with E-state index < -0.39 is 26.1 Å². The van der Waals surface area contributed by atoms with Crippen molar-refractivity contribution in [1.82, 2.24) is 9.88 Å². The predicted octanol–water partition coefficient (Wildman–Crippen LogP) is 10.1. The number of nitrogens with zero attached hydrogens (tertiary/aromatic N) is 2. The van der Waals surface area contributed by atoms with E-state index in [0.29, 0.717) is 41.6 Å². The first-order chi connectivity index (χ1) is 23.0. The molecule has 260 valence electrons. The summed E-state index contributed by atoms with van der Waals surface area (Å²) in [5.74, 6) is -0.289. The van der Waals surface area contributed by atoms with E-state index in [1.165, 1.54) is 0 Å². The third-order valence-corrected chi connectivity index (χ3v) is 13.2. The van der Waals surface area contributed by atoms with Gasteiger partial charge in [-0.3, -0.25) is 9.78 Å². The molecule has 0 bridgehead atoms. The van der Waals surface area contributed by atoms with Gasteiger partial charge in [0.05, 0.1) is 12.6 Å². The third-order valence-electron chi connectivity index (χ3n) is 8.44. The van der Waals surface area contributed by atoms with E-state index in [-0.39, 0.29) is 10.9 Å². The predicted molar refractivity (Wildman–Crippen MR) is 203 cm³/mol. The van der Waals surface area contributed by atoms with Crippen LogP contribution in [0.4, 0.5) is 16.2 Å². The summed E-state index contributed by atoms with van der Waals surface area (Å²) < 4.78 is 12.8. The van der Waals surface area contributed by atoms with E-state index in [4.69, 9.17) is 20.8 Å². The van der Waals surface area contributed by atoms with Crippen molar-refractivity contribution in [3.05, 3.63) is 113 Å². The van der Waals surface area contributed by atoms with Crippen molar-refractivity contribution < 1.29 is 18.8 Å². The van der Waals surface area contributed by atoms with Crippen LogP contribution in [0.15, 0.2) is 97.2 Å². The van der Waals surface area contributed by atoms with Gasteiger partial charge in [0, 0.05) is 41.2 Å². The summed E-state index contributed by atoms with van der Waals surface area (Å²) in [6, 6.07) is 28.5. The molecule has 2 N–H and O–H groups in total. The molecule has 1 aromatic heterocycles. The summed E-state index contributed by atoms with van der Waals surface area (Å²) in [6.45, 7) is 17.7. The fourth-order valence-electron chi connectivity index (χ4n) is 4.90. The SMILES string of the molecule is CC(C)(C)OC(=O)N(CCNc1cccc(-c2cccnc2C(=O)Nc2ccccc2)c1)C[C@H](O[Si](C)(C)C(C)(C)C)c1cccc(Cl)c1. The number of rotatable bonds is 12. The maximum Gasteiger partial charge on any atom is 0.410 e. The number of carbonyl (C=O) groups excluding carboxylic acids is 2. The Labute approximate surface area is 297 Å². The number of aromatic nitrogens is 1. The van der Waals surface area contributed by atoms with Crippen molar-refractivity contribution in [2.45, 2.75) is 71.4 Å². The Balaban J connectivity index is 1.54. The second-order valence-corrected chi connectivity index (χ2v) is 19.8. The van der Waals surface area contributed by atoms with Crippen molar-refractivity contribution in [3.8, 4) is 11.1 Å². The second kappa shape index (κ2) is 16.0. The normalized spacial score (nSPS) is 12.6. The number of ether oxygens (including phenoxy) is 1. The number of hydrogen-bond acceptors (Lipinski definition) is 6. The second-order valence-electron chi connectivity index (χ2n) is 14.6. The third kappa shape index (κ3) is 10.9. The van der Waals surface area contributed by atoms with Gasteiger partial charge in [-0.25, -0.2) is 4.79 Å². The van der Waals surface area contributed by atoms with Gasteiger partial charge in [0.1, 0.15) is 11.3 Å². The summed E-state index contributed by atoms with van der Waals surface area (Å²) in [5, 5.41) is 6.96. The van der Waals surface area contributed by atoms with Crippen LogP contribution < -0.4 is 10.6 Å². The Hall–Kier alpha value is -4.18. The van der Waals surface area contributed by atoms with Gasteiger partial charge in [0.2, 0.25) is 0 Å². The number of amides is 2. The average molecular weight is 701 g/mol. The Morgan fingerprint density at radius 1 is 0.878 bits per heavy atom. The number of anilines is 2. The number of carbonyl (C=O) groups is 2. The molecule has 0 aliphatic carbocycles. The fourth-order valence-corrected chi connectivity index (χ4v) is 6.37. The Bertz CT molecular complexity index is 1720. The molecule has 49 heavy (non-hydrogen) atoms. The maximum atomic E-state index is 13.6. The molecule has 0 radical (unpaired) electrons. The molecule has 4 aromatic rings. The lowest BCUT2D eigenvalue weighted by Gasteiger charge is -2.40. The number of benzene rings is 3. The minimum Gasteiger partial charge on any atom is -0.444 e. The van der Waals surface area contributed by atoms with Gasteiger partial charge < -0.3 is 24.7 Å². The molecule has 4 rings (SSSR count). The number of nitrogens with one attached hydrogen (secondary N) is 2. The van der Waals surface area contributed by atoms with Crippen LogP contribution in [0, 0.1) is 0 Å². The fraction of sp³-hybridized carbons (Fsp3) is 0.359. The Morgan fingerprint density at radius 2 is 1.57 bits per heavy atom. The molecule has 10 heteroatoms. The van der Waals surface area contributed by atoms with Crippen molar-refractivity contribution in [2.75, 3.05) is 30.3 Å². The molecule has 0 fully saturated rings. The molecule has 3 aromatic carbocycles. The Kier molecular flexibility index (Phi) is 12.3. The molecule has 2 amide bonds. The minimum atomic E-state index is -2.25. The molecule has 0 saturated heterocycles. The molecule has 0 saturated carbocycles. The van der Waals surface area contributed by atoms with E-state index in [0.717, 1.165) is 16.8 Å². The monoisotopic (exact) mass is 700 g/mol. The van der Waals surface area contributed by atoms with Crippen molar-refractivity contribution in [2.24, 2.45) is 0 Å². The number of para-hydroxylation sites is 1. The number of hydrogen-bond donors (Lipinski definition) is 2. The summed E-state index contributed by atoms with van der Waals surface area (Å²) in [6.07, 6.45) is 0.794. The first-order valence-electron chi connectivity index (χ1n) is 16.6. The van der Waals surface area contributed by atoms with E-state index >= 15 is 0 Å². The van der Waals surface area contributed by atoms with E-state index in [1.54, 1.807) is 11.1 Å². The Morgan fingerprint density at radius 3 is 2.24 bits per heavy atom. The van der Waals surface area contributed by atoms with Gasteiger partial charge in [-0.05, 0) is 92.5 Å². The minimum absolute atomic E-state index is 0.0382. The van der Waals surface area contributed by atoms with Gasteiger partial charge in [-0.15, -0.1) is 0 Å². The van der Waals surface area contributed by atoms with E-state index in [1.807, 2.05) is 112 Å². The van der Waals surface area contributed by atoms with Crippen LogP contribution in [0.3, 0.4) is 0 Å². The van der Waals surface area contributed by atoms with Gasteiger partial charge in [-0.2, -0.15) is 0 Å². The zero-order valence-electron chi connectivity index (χ0n) is 29.8. The molecular weight excluding hydrogens is 652 g/mol. The standard InChI is InChI=1S/C39H49ClN4O4Si/c1-38(2,3)47-37(46)44(27-34(29-16-12-17-30(40)25-29)48-49(7,8)39(4,5)6)24-23-41-32-20-13-15-28(26-32)33-21-14-22-42-35(33)36(45)43-31-18-10-9-11-19-31/h9-22,25-26,34,41H,23-24,27H2,1-8H3,(H,43,45)/t34-/m0/s1. The molecule has 0 aliphatic rings. The summed E-state index contributed by atoms with van der Waals surface area (Å²) in [5.41, 5.74) is 3.65. The average Bonchev–Trinajstić information content (AvgIpc) is 3.03. The highest BCUT2D eigenvalue weighted by Crippen LogP contribution is 2.40. The first-order valence-corrected chi connectivity index (χ1v) is 19.9. The van der Waals surface area contributed by atoms with Crippen LogP contribution in [0.5, 0.6) is 0 Å². The summed E-state index contributed by atoms with van der Waals surface area (Å²) in [7, 11) is -2.25. The molecular formula is C39H49ClN4O4Si. The lowest BCUT2D eigenvalue weighted by atomic mass is 10.0. The van der Waals surface area contributed by atoms with E-state index in [9.17, 15) is 9.59 Å². The summed E-state index contributed by atoms with van der Waals surface area (Å²) in [4.78, 5) is 32.9. The molecule has 1 atom stereocenters. The highest BCUT2D eigenvalue weighted by molar-refractivity contribution is 6.74. The largest absolute Gasteiger partial charge is 0.444 e. The lowest BCUT2D eigenvalue weighted by molar-refractivity contribution is 0.0165. The molecule has 1 heterocycles. The van der Waals surface area contributed by atoms with Crippen molar-refractivity contribution >= 4 is 43.3 Å². The number of pyridine rings is 1. The molecule has 0 aliphatic heterocycles. The zero-order chi connectivity index (χ0) is 35.8. The smallest absolute Gasteiger partial charge is 0.410 e. The van der Waals surface area contributed by atoms with Crippen LogP contribution in [0.25, 0.3) is 11.1 Å². The van der Waals surface area contributed by atoms with Crippen LogP contribution in [-0.4, -0.2) is 55.4 Å². The van der Waals surface area contributed by atoms with Crippen LogP contribution in [-0.2, 0) is 9.16 Å². The topological polar surface area (TPSA) is 92.8 Å². The molecule has 0 spiro atoms. The van der Waals surface area contributed by atoms with Crippen LogP contribution >= 0.6 is 11.6 Å². The quantitative estimate of drug-likeness (QED) is 0.143. The van der Waals surface area contributed by atoms with Gasteiger partial charge in [0.15, 0.2) is 8.32 Å². The highest BCUT2D eigenvalue weighted by Gasteiger charge is 2.40. The van der Waals surface area contributed by atoms with Gasteiger partial charge >= 0.3 is 6.09 Å². The summed E-state index contributed by atoms with van der Waals surface area (Å²) >= 11 is 6.42. The van der Waals surface area contributed by atoms with Gasteiger partial charge in [0.25, 0.3) is 5.91 Å². The van der Waals surface area contributed by atoms with Crippen molar-refractivity contribution in [3.63, 3.8) is 0 Å². The molecule has 0 unspecified atom stereocenters. The maximum absolute atomic E-state index is 13.6. The number of halogens is 1. The van der Waals surface area contributed by atoms with Crippen LogP contribution in [0.2, 0.25) is 23.2 Å². The first kappa shape index (κ1) is 37.6.